The Bertz CT molecular complexity index is 238. The molecular formula is C6H11NNiO7. The van der Waals surface area contributed by atoms with Crippen molar-refractivity contribution in [3.63, 3.8) is 0 Å². The minimum atomic E-state index is -2.74. The Hall–Kier alpha value is -1.18. The normalized spacial score (nSPS) is 9.40. The van der Waals surface area contributed by atoms with Gasteiger partial charge in [0.2, 0.25) is 0 Å². The minimum absolute atomic E-state index is 0. The van der Waals surface area contributed by atoms with Crippen LogP contribution in [0.15, 0.2) is 0 Å². The molecule has 0 unspecified atom stereocenters. The summed E-state index contributed by atoms with van der Waals surface area (Å²) >= 11 is 0. The number of carboxylic acids is 3. The first-order valence-electron chi connectivity index (χ1n) is 3.17. The molecule has 0 aromatic carbocycles. The molecule has 7 N–H and O–H groups in total. The van der Waals surface area contributed by atoms with Gasteiger partial charge in [-0.1, -0.05) is 0 Å². The van der Waals surface area contributed by atoms with Crippen molar-refractivity contribution in [2.24, 2.45) is 0 Å². The van der Waals surface area contributed by atoms with E-state index < -0.39 is 36.4 Å². The predicted octanol–water partition coefficient (Wildman–Crippen LogP) is -1.09. The maximum atomic E-state index is 10.3. The Morgan fingerprint density at radius 1 is 0.933 bits per heavy atom. The molecule has 0 amide bonds. The summed E-state index contributed by atoms with van der Waals surface area (Å²) in [6.45, 7) is 0. The zero-order valence-electron chi connectivity index (χ0n) is 7.45. The van der Waals surface area contributed by atoms with Gasteiger partial charge in [0.1, 0.15) is 0 Å². The van der Waals surface area contributed by atoms with Crippen molar-refractivity contribution in [2.45, 2.75) is 18.4 Å². The van der Waals surface area contributed by atoms with E-state index in [-0.39, 0.29) is 22.6 Å². The summed E-state index contributed by atoms with van der Waals surface area (Å²) in [5.74, 6) is -5.02. The van der Waals surface area contributed by atoms with E-state index in [9.17, 15) is 14.4 Å². The molecule has 0 rings (SSSR count). The number of hydrogen-bond donors (Lipinski definition) is 5. The number of carbonyl (C=O) groups is 3. The van der Waals surface area contributed by atoms with Gasteiger partial charge in [-0.05, 0) is 0 Å². The van der Waals surface area contributed by atoms with Crippen LogP contribution in [0.1, 0.15) is 12.8 Å². The summed E-state index contributed by atoms with van der Waals surface area (Å²) in [6.07, 6.45) is -2.29. The van der Waals surface area contributed by atoms with Crippen LogP contribution in [-0.2, 0) is 30.9 Å². The van der Waals surface area contributed by atoms with E-state index in [0.717, 1.165) is 0 Å². The predicted molar refractivity (Wildman–Crippen MR) is 42.1 cm³/mol. The van der Waals surface area contributed by atoms with Crippen LogP contribution in [-0.4, -0.2) is 43.9 Å². The van der Waals surface area contributed by atoms with Gasteiger partial charge in [0.05, 0.1) is 12.8 Å². The molecule has 92 valence electrons. The molecule has 0 aromatic heterocycles. The van der Waals surface area contributed by atoms with E-state index in [2.05, 4.69) is 0 Å². The van der Waals surface area contributed by atoms with Crippen LogP contribution in [0.3, 0.4) is 0 Å². The molecular weight excluding hydrogens is 257 g/mol. The molecule has 9 heteroatoms. The minimum Gasteiger partial charge on any atom is -0.481 e. The SMILES string of the molecule is N.O=C(O)CC(O)(CC(=O)O)C(=O)O.[Ni]. The number of aliphatic hydroxyl groups is 1. The van der Waals surface area contributed by atoms with E-state index in [4.69, 9.17) is 20.4 Å². The first kappa shape index (κ1) is 19.4. The first-order chi connectivity index (χ1) is 5.78. The maximum Gasteiger partial charge on any atom is 0.336 e. The molecule has 0 bridgehead atoms. The molecule has 0 saturated carbocycles. The fraction of sp³-hybridized carbons (Fsp3) is 0.500. The quantitative estimate of drug-likeness (QED) is 0.392. The summed E-state index contributed by atoms with van der Waals surface area (Å²) < 4.78 is 0. The summed E-state index contributed by atoms with van der Waals surface area (Å²) in [5.41, 5.74) is -2.74. The van der Waals surface area contributed by atoms with Gasteiger partial charge in [-0.2, -0.15) is 0 Å². The number of carboxylic acid groups (broad SMARTS) is 3. The van der Waals surface area contributed by atoms with Gasteiger partial charge < -0.3 is 26.6 Å². The smallest absolute Gasteiger partial charge is 0.336 e. The van der Waals surface area contributed by atoms with Gasteiger partial charge >= 0.3 is 17.9 Å². The molecule has 15 heavy (non-hydrogen) atoms. The van der Waals surface area contributed by atoms with Crippen LogP contribution in [0.2, 0.25) is 0 Å². The van der Waals surface area contributed by atoms with E-state index in [0.29, 0.717) is 0 Å². The second-order valence-corrected chi connectivity index (χ2v) is 2.48. The van der Waals surface area contributed by atoms with Crippen LogP contribution >= 0.6 is 0 Å². The Morgan fingerprint density at radius 3 is 1.33 bits per heavy atom. The molecule has 0 aromatic rings. The Balaban J connectivity index is -0.000000720. The van der Waals surface area contributed by atoms with Crippen molar-refractivity contribution in [3.05, 3.63) is 0 Å². The van der Waals surface area contributed by atoms with Gasteiger partial charge in [0, 0.05) is 16.5 Å². The number of rotatable bonds is 5. The summed E-state index contributed by atoms with van der Waals surface area (Å²) in [6, 6.07) is 0. The third-order valence-corrected chi connectivity index (χ3v) is 1.29. The van der Waals surface area contributed by atoms with Crippen molar-refractivity contribution in [1.82, 2.24) is 6.15 Å². The Labute approximate surface area is 94.4 Å². The van der Waals surface area contributed by atoms with Crippen LogP contribution in [0.5, 0.6) is 0 Å². The van der Waals surface area contributed by atoms with Gasteiger partial charge in [-0.25, -0.2) is 4.79 Å². The molecule has 8 nitrogen and oxygen atoms in total. The van der Waals surface area contributed by atoms with Crippen LogP contribution in [0, 0.1) is 0 Å². The molecule has 0 aliphatic rings. The van der Waals surface area contributed by atoms with Gasteiger partial charge in [0.15, 0.2) is 5.60 Å². The van der Waals surface area contributed by atoms with Crippen molar-refractivity contribution in [3.8, 4) is 0 Å². The van der Waals surface area contributed by atoms with Crippen LogP contribution in [0.25, 0.3) is 0 Å². The maximum absolute atomic E-state index is 10.3. The van der Waals surface area contributed by atoms with Gasteiger partial charge in [-0.15, -0.1) is 0 Å². The Morgan fingerprint density at radius 2 is 1.20 bits per heavy atom. The zero-order chi connectivity index (χ0) is 10.6. The summed E-state index contributed by atoms with van der Waals surface area (Å²) in [5, 5.41) is 33.8. The van der Waals surface area contributed by atoms with Crippen LogP contribution in [0.4, 0.5) is 0 Å². The largest absolute Gasteiger partial charge is 0.481 e. The molecule has 0 atom stereocenters. The fourth-order valence-electron chi connectivity index (χ4n) is 0.714. The molecule has 0 spiro atoms. The molecule has 0 heterocycles. The van der Waals surface area contributed by atoms with Gasteiger partial charge in [0.25, 0.3) is 0 Å². The third-order valence-electron chi connectivity index (χ3n) is 1.29. The van der Waals surface area contributed by atoms with E-state index in [1.54, 1.807) is 0 Å². The third kappa shape index (κ3) is 6.84. The van der Waals surface area contributed by atoms with E-state index in [1.807, 2.05) is 0 Å². The van der Waals surface area contributed by atoms with E-state index >= 15 is 0 Å². The van der Waals surface area contributed by atoms with Crippen LogP contribution < -0.4 is 6.15 Å². The first-order valence-corrected chi connectivity index (χ1v) is 3.17. The topological polar surface area (TPSA) is 167 Å². The standard InChI is InChI=1S/C6H8O7.H3N.Ni/c7-3(8)1-6(13,5(11)12)2-4(9)10;;/h13H,1-2H2,(H,7,8)(H,9,10)(H,11,12);1H3;. The summed E-state index contributed by atoms with van der Waals surface area (Å²) in [7, 11) is 0. The second kappa shape index (κ2) is 7.16. The van der Waals surface area contributed by atoms with Crippen molar-refractivity contribution in [2.75, 3.05) is 0 Å². The van der Waals surface area contributed by atoms with Crippen molar-refractivity contribution in [1.29, 1.82) is 0 Å². The second-order valence-electron chi connectivity index (χ2n) is 2.48. The molecule has 0 fully saturated rings. The van der Waals surface area contributed by atoms with Crippen molar-refractivity contribution < 1.29 is 51.3 Å². The molecule has 0 saturated heterocycles. The fourth-order valence-corrected chi connectivity index (χ4v) is 0.714. The number of hydrogen-bond acceptors (Lipinski definition) is 5. The average Bonchev–Trinajstić information content (AvgIpc) is 1.82. The van der Waals surface area contributed by atoms with Gasteiger partial charge in [-0.3, -0.25) is 9.59 Å². The number of aliphatic carboxylic acids is 3. The summed E-state index contributed by atoms with van der Waals surface area (Å²) in [4.78, 5) is 30.5. The average molecular weight is 268 g/mol. The Kier molecular flexibility index (Phi) is 9.26. The van der Waals surface area contributed by atoms with Crippen molar-refractivity contribution >= 4 is 17.9 Å². The molecule has 0 aliphatic carbocycles. The zero-order valence-corrected chi connectivity index (χ0v) is 8.44. The molecule has 0 aliphatic heterocycles. The van der Waals surface area contributed by atoms with E-state index in [1.165, 1.54) is 0 Å². The monoisotopic (exact) mass is 267 g/mol. The molecule has 0 radical (unpaired) electrons.